The molecule has 0 aliphatic rings. The van der Waals surface area contributed by atoms with Gasteiger partial charge in [0.1, 0.15) is 9.76 Å². The third-order valence-electron chi connectivity index (χ3n) is 1.82. The topological polar surface area (TPSA) is 36.9 Å². The predicted octanol–water partition coefficient (Wildman–Crippen LogP) is 2.31. The minimum absolute atomic E-state index is 0.456. The second-order valence-electron chi connectivity index (χ2n) is 5.44. The lowest BCUT2D eigenvalue weighted by Gasteiger charge is -2.37. The van der Waals surface area contributed by atoms with Gasteiger partial charge in [0.25, 0.3) is 0 Å². The SMILES string of the molecule is CCO[Si](C)(O[Si](C)(C)C)O[Si](C)(C)O[SiH2]C. The van der Waals surface area contributed by atoms with Gasteiger partial charge in [-0.15, -0.1) is 0 Å². The molecule has 1 atom stereocenters. The van der Waals surface area contributed by atoms with E-state index in [0.29, 0.717) is 6.61 Å². The van der Waals surface area contributed by atoms with E-state index in [0.717, 1.165) is 0 Å². The normalized spacial score (nSPS) is 17.6. The molecular weight excluding hydrogens is 284 g/mol. The van der Waals surface area contributed by atoms with Crippen molar-refractivity contribution in [3.63, 3.8) is 0 Å². The van der Waals surface area contributed by atoms with Crippen molar-refractivity contribution in [1.29, 1.82) is 0 Å². The van der Waals surface area contributed by atoms with E-state index in [1.807, 2.05) is 13.5 Å². The molecule has 0 amide bonds. The molecule has 104 valence electrons. The maximum Gasteiger partial charge on any atom is 0.478 e. The molecule has 0 aromatic heterocycles. The molecule has 4 nitrogen and oxygen atoms in total. The average Bonchev–Trinajstić information content (AvgIpc) is 1.96. The molecule has 0 spiro atoms. The molecule has 0 fully saturated rings. The molecule has 0 heterocycles. The van der Waals surface area contributed by atoms with E-state index in [4.69, 9.17) is 16.8 Å². The van der Waals surface area contributed by atoms with E-state index < -0.39 is 35.4 Å². The maximum absolute atomic E-state index is 6.16. The van der Waals surface area contributed by atoms with Crippen molar-refractivity contribution >= 4 is 35.4 Å². The van der Waals surface area contributed by atoms with Gasteiger partial charge in [0.05, 0.1) is 0 Å². The predicted molar refractivity (Wildman–Crippen MR) is 81.7 cm³/mol. The van der Waals surface area contributed by atoms with Gasteiger partial charge >= 0.3 is 17.4 Å². The zero-order valence-electron chi connectivity index (χ0n) is 12.5. The first-order chi connectivity index (χ1) is 7.54. The van der Waals surface area contributed by atoms with Gasteiger partial charge in [-0.3, -0.25) is 0 Å². The molecule has 1 unspecified atom stereocenters. The van der Waals surface area contributed by atoms with Gasteiger partial charge in [-0.25, -0.2) is 0 Å². The van der Waals surface area contributed by atoms with E-state index >= 15 is 0 Å². The van der Waals surface area contributed by atoms with Crippen LogP contribution in [0.3, 0.4) is 0 Å². The van der Waals surface area contributed by atoms with Crippen molar-refractivity contribution in [3.05, 3.63) is 0 Å². The highest BCUT2D eigenvalue weighted by Gasteiger charge is 2.44. The highest BCUT2D eigenvalue weighted by molar-refractivity contribution is 6.84. The molecule has 0 radical (unpaired) electrons. The van der Waals surface area contributed by atoms with Gasteiger partial charge in [-0.2, -0.15) is 0 Å². The second-order valence-corrected chi connectivity index (χ2v) is 17.8. The summed E-state index contributed by atoms with van der Waals surface area (Å²) in [6, 6.07) is 0. The summed E-state index contributed by atoms with van der Waals surface area (Å²) in [5.74, 6) is 0. The lowest BCUT2D eigenvalue weighted by atomic mass is 10.9. The Labute approximate surface area is 112 Å². The Kier molecular flexibility index (Phi) is 7.03. The van der Waals surface area contributed by atoms with Crippen LogP contribution in [0.25, 0.3) is 0 Å². The van der Waals surface area contributed by atoms with Gasteiger partial charge in [0.2, 0.25) is 0 Å². The van der Waals surface area contributed by atoms with E-state index in [2.05, 4.69) is 39.3 Å². The molecule has 0 saturated carbocycles. The Morgan fingerprint density at radius 1 is 0.941 bits per heavy atom. The summed E-state index contributed by atoms with van der Waals surface area (Å²) in [4.78, 5) is 0. The fourth-order valence-electron chi connectivity index (χ4n) is 1.72. The van der Waals surface area contributed by atoms with Gasteiger partial charge in [-0.05, 0) is 39.7 Å². The molecule has 0 aromatic carbocycles. The Hall–Kier alpha value is 0.708. The molecular formula is C9H28O4Si4. The summed E-state index contributed by atoms with van der Waals surface area (Å²) in [6.45, 7) is 17.3. The Balaban J connectivity index is 4.71. The van der Waals surface area contributed by atoms with Crippen LogP contribution in [0, 0.1) is 0 Å². The van der Waals surface area contributed by atoms with Crippen LogP contribution in [0.15, 0.2) is 0 Å². The zero-order chi connectivity index (χ0) is 13.7. The molecule has 17 heavy (non-hydrogen) atoms. The first kappa shape index (κ1) is 17.7. The first-order valence-corrected chi connectivity index (χ1v) is 16.7. The average molecular weight is 313 g/mol. The van der Waals surface area contributed by atoms with Gasteiger partial charge in [0.15, 0.2) is 8.32 Å². The molecule has 0 bridgehead atoms. The van der Waals surface area contributed by atoms with Crippen molar-refractivity contribution in [2.75, 3.05) is 6.61 Å². The summed E-state index contributed by atoms with van der Waals surface area (Å²) in [5.41, 5.74) is 0. The molecule has 0 aromatic rings. The fourth-order valence-corrected chi connectivity index (χ4v) is 14.8. The third kappa shape index (κ3) is 8.43. The first-order valence-electron chi connectivity index (χ1n) is 6.22. The van der Waals surface area contributed by atoms with Crippen LogP contribution in [0.2, 0.25) is 45.8 Å². The van der Waals surface area contributed by atoms with Crippen molar-refractivity contribution in [3.8, 4) is 0 Å². The summed E-state index contributed by atoms with van der Waals surface area (Å²) in [7, 11) is -6.74. The van der Waals surface area contributed by atoms with Gasteiger partial charge < -0.3 is 16.8 Å². The lowest BCUT2D eigenvalue weighted by molar-refractivity contribution is 0.165. The minimum Gasteiger partial charge on any atom is -0.442 e. The molecule has 0 aliphatic heterocycles. The van der Waals surface area contributed by atoms with Crippen LogP contribution in [0.5, 0.6) is 0 Å². The van der Waals surface area contributed by atoms with Crippen LogP contribution < -0.4 is 0 Å². The number of rotatable bonds is 8. The van der Waals surface area contributed by atoms with Crippen molar-refractivity contribution in [1.82, 2.24) is 0 Å². The largest absolute Gasteiger partial charge is 0.478 e. The lowest BCUT2D eigenvalue weighted by Crippen LogP contribution is -2.56. The Morgan fingerprint density at radius 3 is 1.82 bits per heavy atom. The molecule has 0 rings (SSSR count). The van der Waals surface area contributed by atoms with Crippen molar-refractivity contribution in [2.45, 2.75) is 52.8 Å². The van der Waals surface area contributed by atoms with Crippen molar-refractivity contribution in [2.24, 2.45) is 0 Å². The monoisotopic (exact) mass is 312 g/mol. The summed E-state index contributed by atoms with van der Waals surface area (Å²) in [5, 5.41) is 0. The fraction of sp³-hybridized carbons (Fsp3) is 1.00. The minimum atomic E-state index is -2.54. The van der Waals surface area contributed by atoms with Crippen LogP contribution in [0.4, 0.5) is 0 Å². The molecule has 0 aliphatic carbocycles. The van der Waals surface area contributed by atoms with Crippen LogP contribution in [-0.2, 0) is 16.8 Å². The smallest absolute Gasteiger partial charge is 0.442 e. The highest BCUT2D eigenvalue weighted by atomic mass is 28.5. The van der Waals surface area contributed by atoms with Gasteiger partial charge in [-0.1, -0.05) is 6.55 Å². The van der Waals surface area contributed by atoms with Crippen LogP contribution in [-0.4, -0.2) is 42.1 Å². The molecule has 0 saturated heterocycles. The van der Waals surface area contributed by atoms with Crippen LogP contribution >= 0.6 is 0 Å². The zero-order valence-corrected chi connectivity index (χ0v) is 17.0. The third-order valence-corrected chi connectivity index (χ3v) is 14.0. The maximum atomic E-state index is 6.16. The van der Waals surface area contributed by atoms with E-state index in [-0.39, 0.29) is 0 Å². The summed E-state index contributed by atoms with van der Waals surface area (Å²) < 4.78 is 23.9. The Bertz CT molecular complexity index is 232. The van der Waals surface area contributed by atoms with E-state index in [1.54, 1.807) is 0 Å². The quantitative estimate of drug-likeness (QED) is 0.645. The summed E-state index contributed by atoms with van der Waals surface area (Å²) >= 11 is 0. The standard InChI is InChI=1S/C9H28O4Si4/c1-9-10-17(8,12-15(3,4)5)13-16(6,7)11-14-2/h9,14H2,1-8H3. The second kappa shape index (κ2) is 6.75. The van der Waals surface area contributed by atoms with Crippen molar-refractivity contribution < 1.29 is 16.8 Å². The molecule has 0 N–H and O–H groups in total. The van der Waals surface area contributed by atoms with E-state index in [9.17, 15) is 0 Å². The molecule has 8 heteroatoms. The number of hydrogen-bond acceptors (Lipinski definition) is 4. The highest BCUT2D eigenvalue weighted by Crippen LogP contribution is 2.22. The summed E-state index contributed by atoms with van der Waals surface area (Å²) in [6.07, 6.45) is 0. The number of hydrogen-bond donors (Lipinski definition) is 0. The van der Waals surface area contributed by atoms with E-state index in [1.165, 1.54) is 0 Å². The Morgan fingerprint density at radius 2 is 1.47 bits per heavy atom. The van der Waals surface area contributed by atoms with Crippen LogP contribution in [0.1, 0.15) is 6.92 Å². The van der Waals surface area contributed by atoms with Gasteiger partial charge in [0, 0.05) is 13.2 Å².